The number of carbonyl (C=O) groups is 1. The minimum Gasteiger partial charge on any atom is -0.383 e. The van der Waals surface area contributed by atoms with Gasteiger partial charge in [0.1, 0.15) is 0 Å². The minimum absolute atomic E-state index is 0.174. The number of fused-ring (bicyclic) bond motifs is 1. The molecule has 3 saturated heterocycles. The number of piperazine rings is 1. The van der Waals surface area contributed by atoms with E-state index in [1.807, 2.05) is 0 Å². The van der Waals surface area contributed by atoms with Crippen LogP contribution in [0.1, 0.15) is 30.9 Å². The summed E-state index contributed by atoms with van der Waals surface area (Å²) in [6.45, 7) is 6.54. The third kappa shape index (κ3) is 3.53. The lowest BCUT2D eigenvalue weighted by Crippen LogP contribution is -2.52. The number of ether oxygens (including phenoxy) is 1. The molecule has 3 atom stereocenters. The summed E-state index contributed by atoms with van der Waals surface area (Å²) < 4.78 is 5.17. The summed E-state index contributed by atoms with van der Waals surface area (Å²) in [5, 5.41) is 0. The van der Waals surface area contributed by atoms with E-state index in [1.165, 1.54) is 18.4 Å². The van der Waals surface area contributed by atoms with E-state index < -0.39 is 0 Å². The van der Waals surface area contributed by atoms with Crippen LogP contribution in [-0.2, 0) is 9.53 Å². The van der Waals surface area contributed by atoms with Crippen molar-refractivity contribution < 1.29 is 9.53 Å². The standard InChI is InChI=1S/C21H31N3O2/c1-26-15-14-22-10-12-23(13-11-22)21(25)18-16-20(17-6-3-2-4-7-17)24-9-5-8-19(18)24/h2-4,6-7,18-20H,5,8-16H2,1H3/t18-,19+,20-/m1/s1. The highest BCUT2D eigenvalue weighted by Gasteiger charge is 2.48. The van der Waals surface area contributed by atoms with Crippen molar-refractivity contribution in [2.75, 3.05) is 53.0 Å². The van der Waals surface area contributed by atoms with Crippen molar-refractivity contribution in [1.82, 2.24) is 14.7 Å². The molecule has 5 nitrogen and oxygen atoms in total. The Hall–Kier alpha value is -1.43. The molecule has 0 radical (unpaired) electrons. The van der Waals surface area contributed by atoms with Crippen LogP contribution >= 0.6 is 0 Å². The van der Waals surface area contributed by atoms with Crippen molar-refractivity contribution in [3.05, 3.63) is 35.9 Å². The van der Waals surface area contributed by atoms with Gasteiger partial charge in [-0.2, -0.15) is 0 Å². The van der Waals surface area contributed by atoms with E-state index in [9.17, 15) is 4.79 Å². The number of amides is 1. The monoisotopic (exact) mass is 357 g/mol. The van der Waals surface area contributed by atoms with Gasteiger partial charge in [-0.3, -0.25) is 14.6 Å². The van der Waals surface area contributed by atoms with Crippen LogP contribution in [0.15, 0.2) is 30.3 Å². The normalized spacial score (nSPS) is 29.9. The summed E-state index contributed by atoms with van der Waals surface area (Å²) in [5.41, 5.74) is 1.37. The van der Waals surface area contributed by atoms with Crippen LogP contribution in [0.25, 0.3) is 0 Å². The molecule has 3 fully saturated rings. The number of hydrogen-bond donors (Lipinski definition) is 0. The molecular formula is C21H31N3O2. The Kier molecular flexibility index (Phi) is 5.57. The van der Waals surface area contributed by atoms with Crippen LogP contribution in [0.4, 0.5) is 0 Å². The Morgan fingerprint density at radius 1 is 1.12 bits per heavy atom. The van der Waals surface area contributed by atoms with Gasteiger partial charge in [0.05, 0.1) is 12.5 Å². The van der Waals surface area contributed by atoms with Crippen molar-refractivity contribution in [2.45, 2.75) is 31.3 Å². The van der Waals surface area contributed by atoms with Crippen LogP contribution in [0.3, 0.4) is 0 Å². The summed E-state index contributed by atoms with van der Waals surface area (Å²) in [6, 6.07) is 11.6. The van der Waals surface area contributed by atoms with Crippen LogP contribution < -0.4 is 0 Å². The van der Waals surface area contributed by atoms with E-state index in [0.717, 1.165) is 52.3 Å². The van der Waals surface area contributed by atoms with Gasteiger partial charge in [0.15, 0.2) is 0 Å². The first-order chi connectivity index (χ1) is 12.8. The van der Waals surface area contributed by atoms with Gasteiger partial charge in [-0.1, -0.05) is 30.3 Å². The highest BCUT2D eigenvalue weighted by atomic mass is 16.5. The molecule has 1 aromatic rings. The summed E-state index contributed by atoms with van der Waals surface area (Å²) in [6.07, 6.45) is 3.38. The van der Waals surface area contributed by atoms with Gasteiger partial charge in [-0.05, 0) is 31.4 Å². The average Bonchev–Trinajstić information content (AvgIpc) is 3.29. The molecule has 26 heavy (non-hydrogen) atoms. The maximum atomic E-state index is 13.3. The third-order valence-electron chi connectivity index (χ3n) is 6.48. The Balaban J connectivity index is 1.40. The van der Waals surface area contributed by atoms with Gasteiger partial charge in [-0.25, -0.2) is 0 Å². The second-order valence-electron chi connectivity index (χ2n) is 7.88. The number of methoxy groups -OCH3 is 1. The second-order valence-corrected chi connectivity index (χ2v) is 7.88. The molecule has 3 aliphatic heterocycles. The molecule has 1 aromatic carbocycles. The van der Waals surface area contributed by atoms with Gasteiger partial charge < -0.3 is 9.64 Å². The van der Waals surface area contributed by atoms with Gasteiger partial charge in [-0.15, -0.1) is 0 Å². The zero-order valence-electron chi connectivity index (χ0n) is 15.8. The van der Waals surface area contributed by atoms with E-state index in [2.05, 4.69) is 45.0 Å². The van der Waals surface area contributed by atoms with Crippen LogP contribution in [-0.4, -0.2) is 79.6 Å². The maximum Gasteiger partial charge on any atom is 0.227 e. The van der Waals surface area contributed by atoms with E-state index >= 15 is 0 Å². The molecule has 5 heteroatoms. The highest BCUT2D eigenvalue weighted by Crippen LogP contribution is 2.45. The summed E-state index contributed by atoms with van der Waals surface area (Å²) in [7, 11) is 1.75. The van der Waals surface area contributed by atoms with Crippen LogP contribution in [0.5, 0.6) is 0 Å². The largest absolute Gasteiger partial charge is 0.383 e. The van der Waals surface area contributed by atoms with Crippen LogP contribution in [0.2, 0.25) is 0 Å². The van der Waals surface area contributed by atoms with E-state index in [4.69, 9.17) is 4.74 Å². The third-order valence-corrected chi connectivity index (χ3v) is 6.48. The zero-order chi connectivity index (χ0) is 17.9. The molecule has 0 bridgehead atoms. The number of carbonyl (C=O) groups excluding carboxylic acids is 1. The summed E-state index contributed by atoms with van der Waals surface area (Å²) in [5.74, 6) is 0.569. The summed E-state index contributed by atoms with van der Waals surface area (Å²) in [4.78, 5) is 20.4. The Morgan fingerprint density at radius 3 is 2.62 bits per heavy atom. The fraction of sp³-hybridized carbons (Fsp3) is 0.667. The number of rotatable bonds is 5. The molecule has 0 spiro atoms. The molecule has 0 aliphatic carbocycles. The molecule has 0 saturated carbocycles. The first-order valence-electron chi connectivity index (χ1n) is 10.1. The van der Waals surface area contributed by atoms with Crippen molar-refractivity contribution in [3.8, 4) is 0 Å². The quantitative estimate of drug-likeness (QED) is 0.808. The molecule has 4 rings (SSSR count). The second kappa shape index (κ2) is 8.07. The van der Waals surface area contributed by atoms with Crippen LogP contribution in [0, 0.1) is 5.92 Å². The minimum atomic E-state index is 0.174. The lowest BCUT2D eigenvalue weighted by atomic mass is 9.93. The van der Waals surface area contributed by atoms with Gasteiger partial charge in [0.2, 0.25) is 5.91 Å². The number of benzene rings is 1. The van der Waals surface area contributed by atoms with Crippen molar-refractivity contribution in [2.24, 2.45) is 5.92 Å². The highest BCUT2D eigenvalue weighted by molar-refractivity contribution is 5.80. The molecular weight excluding hydrogens is 326 g/mol. The van der Waals surface area contributed by atoms with Gasteiger partial charge in [0, 0.05) is 51.9 Å². The topological polar surface area (TPSA) is 36.0 Å². The lowest BCUT2D eigenvalue weighted by molar-refractivity contribution is -0.138. The first kappa shape index (κ1) is 18.0. The maximum absolute atomic E-state index is 13.3. The van der Waals surface area contributed by atoms with Crippen molar-refractivity contribution in [1.29, 1.82) is 0 Å². The predicted octanol–water partition coefficient (Wildman–Crippen LogP) is 2.00. The lowest BCUT2D eigenvalue weighted by Gasteiger charge is -2.36. The molecule has 1 amide bonds. The van der Waals surface area contributed by atoms with E-state index in [-0.39, 0.29) is 5.92 Å². The number of nitrogens with zero attached hydrogens (tertiary/aromatic N) is 3. The Labute approximate surface area is 156 Å². The fourth-order valence-corrected chi connectivity index (χ4v) is 5.08. The summed E-state index contributed by atoms with van der Waals surface area (Å²) >= 11 is 0. The van der Waals surface area contributed by atoms with E-state index in [0.29, 0.717) is 18.0 Å². The molecule has 0 N–H and O–H groups in total. The van der Waals surface area contributed by atoms with Crippen molar-refractivity contribution in [3.63, 3.8) is 0 Å². The van der Waals surface area contributed by atoms with Gasteiger partial charge >= 0.3 is 0 Å². The Bertz CT molecular complexity index is 601. The molecule has 142 valence electrons. The van der Waals surface area contributed by atoms with Crippen molar-refractivity contribution >= 4 is 5.91 Å². The SMILES string of the molecule is COCCN1CCN(C(=O)[C@@H]2C[C@H](c3ccccc3)N3CCC[C@@H]23)CC1. The molecule has 0 aromatic heterocycles. The van der Waals surface area contributed by atoms with Gasteiger partial charge in [0.25, 0.3) is 0 Å². The Morgan fingerprint density at radius 2 is 1.88 bits per heavy atom. The average molecular weight is 357 g/mol. The smallest absolute Gasteiger partial charge is 0.227 e. The fourth-order valence-electron chi connectivity index (χ4n) is 5.08. The molecule has 3 heterocycles. The molecule has 0 unspecified atom stereocenters. The molecule has 3 aliphatic rings. The zero-order valence-corrected chi connectivity index (χ0v) is 15.8. The number of hydrogen-bond acceptors (Lipinski definition) is 4. The predicted molar refractivity (Wildman–Crippen MR) is 102 cm³/mol. The first-order valence-corrected chi connectivity index (χ1v) is 10.1. The van der Waals surface area contributed by atoms with E-state index in [1.54, 1.807) is 7.11 Å².